The van der Waals surface area contributed by atoms with E-state index in [1.165, 1.54) is 14.5 Å². The first-order valence-corrected chi connectivity index (χ1v) is 9.75. The van der Waals surface area contributed by atoms with E-state index < -0.39 is 32.8 Å². The van der Waals surface area contributed by atoms with Gasteiger partial charge in [-0.25, -0.2) is 0 Å². The van der Waals surface area contributed by atoms with Crippen LogP contribution in [0, 0.1) is 0 Å². The fourth-order valence-corrected chi connectivity index (χ4v) is 5.28. The van der Waals surface area contributed by atoms with Gasteiger partial charge in [0.05, 0.1) is 0 Å². The van der Waals surface area contributed by atoms with Gasteiger partial charge in [-0.1, -0.05) is 0 Å². The van der Waals surface area contributed by atoms with Crippen molar-refractivity contribution in [1.29, 1.82) is 0 Å². The molecule has 5 nitrogen and oxygen atoms in total. The third kappa shape index (κ3) is 4.43. The van der Waals surface area contributed by atoms with Crippen molar-refractivity contribution in [2.24, 2.45) is 0 Å². The Labute approximate surface area is 135 Å². The van der Waals surface area contributed by atoms with E-state index in [1.807, 2.05) is 27.0 Å². The molecule has 0 atom stereocenters. The summed E-state index contributed by atoms with van der Waals surface area (Å²) in [6, 6.07) is 2.06. The van der Waals surface area contributed by atoms with Crippen molar-refractivity contribution in [2.75, 3.05) is 0 Å². The molecule has 21 heavy (non-hydrogen) atoms. The Hall–Kier alpha value is -1.11. The van der Waals surface area contributed by atoms with Gasteiger partial charge in [-0.2, -0.15) is 0 Å². The first-order chi connectivity index (χ1) is 9.55. The summed E-state index contributed by atoms with van der Waals surface area (Å²) >= 11 is -0.727. The number of aromatic nitrogens is 3. The molecule has 2 aromatic heterocycles. The van der Waals surface area contributed by atoms with Gasteiger partial charge in [-0.15, -0.1) is 0 Å². The summed E-state index contributed by atoms with van der Waals surface area (Å²) in [4.78, 5) is 20.8. The number of imidazole rings is 1. The molecule has 2 rings (SSSR count). The molecule has 0 unspecified atom stereocenters. The van der Waals surface area contributed by atoms with E-state index in [4.69, 9.17) is 4.74 Å². The Morgan fingerprint density at radius 3 is 2.43 bits per heavy atom. The zero-order valence-corrected chi connectivity index (χ0v) is 16.2. The van der Waals surface area contributed by atoms with E-state index in [0.29, 0.717) is 9.08 Å². The van der Waals surface area contributed by atoms with Crippen molar-refractivity contribution >= 4 is 42.0 Å². The summed E-state index contributed by atoms with van der Waals surface area (Å²) in [7, 11) is 0. The van der Waals surface area contributed by atoms with Crippen LogP contribution in [0.5, 0.6) is 0 Å². The molecular weight excluding hydrogens is 373 g/mol. The summed E-state index contributed by atoms with van der Waals surface area (Å²) in [5.74, 6) is 0. The summed E-state index contributed by atoms with van der Waals surface area (Å²) in [5.41, 5.74) is 0.777. The molecule has 0 saturated heterocycles. The molecule has 0 saturated carbocycles. The van der Waals surface area contributed by atoms with E-state index in [-0.39, 0.29) is 0 Å². The topological polar surface area (TPSA) is 57.0 Å². The molecule has 6 heteroatoms. The van der Waals surface area contributed by atoms with E-state index in [2.05, 4.69) is 36.8 Å². The maximum absolute atomic E-state index is 12.1. The van der Waals surface area contributed by atoms with Gasteiger partial charge in [0, 0.05) is 0 Å². The second-order valence-electron chi connectivity index (χ2n) is 7.04. The number of ether oxygens (including phenoxy) is 1. The van der Waals surface area contributed by atoms with Crippen molar-refractivity contribution in [3.8, 4) is 0 Å². The number of fused-ring (bicyclic) bond motifs is 1. The molecule has 0 aliphatic rings. The number of hydrogen-bond donors (Lipinski definition) is 0. The van der Waals surface area contributed by atoms with Crippen molar-refractivity contribution in [1.82, 2.24) is 14.5 Å². The Morgan fingerprint density at radius 1 is 1.19 bits per heavy atom. The molecule has 2 aromatic rings. The molecule has 0 N–H and O–H groups in total. The molecular formula is C15H21N3O2Sn. The Kier molecular flexibility index (Phi) is 4.33. The number of pyridine rings is 1. The second kappa shape index (κ2) is 5.59. The van der Waals surface area contributed by atoms with Crippen LogP contribution in [0.15, 0.2) is 18.6 Å². The van der Waals surface area contributed by atoms with Crippen molar-refractivity contribution in [3.63, 3.8) is 0 Å². The zero-order chi connectivity index (χ0) is 15.8. The number of hydrogen-bond acceptors (Lipinski definition) is 4. The van der Waals surface area contributed by atoms with Crippen LogP contribution in [0.25, 0.3) is 11.2 Å². The van der Waals surface area contributed by atoms with Crippen molar-refractivity contribution < 1.29 is 9.53 Å². The molecule has 0 aliphatic carbocycles. The summed E-state index contributed by atoms with van der Waals surface area (Å²) in [6.07, 6.45) is 2.92. The van der Waals surface area contributed by atoms with Gasteiger partial charge in [0.1, 0.15) is 0 Å². The fraction of sp³-hybridized carbons (Fsp3) is 0.533. The van der Waals surface area contributed by atoms with Crippen LogP contribution in [-0.4, -0.2) is 47.4 Å². The predicted molar refractivity (Wildman–Crippen MR) is 84.3 cm³/mol. The molecule has 0 bridgehead atoms. The summed E-state index contributed by atoms with van der Waals surface area (Å²) < 4.78 is 8.36. The minimum atomic E-state index is -0.727. The van der Waals surface area contributed by atoms with E-state index in [1.54, 1.807) is 0 Å². The van der Waals surface area contributed by atoms with Gasteiger partial charge in [0.25, 0.3) is 0 Å². The monoisotopic (exact) mass is 395 g/mol. The van der Waals surface area contributed by atoms with E-state index >= 15 is 0 Å². The van der Waals surface area contributed by atoms with Gasteiger partial charge in [-0.05, 0) is 0 Å². The molecule has 2 heterocycles. The number of nitrogens with zero attached hydrogens (tertiary/aromatic N) is 3. The van der Waals surface area contributed by atoms with E-state index in [9.17, 15) is 4.79 Å². The normalized spacial score (nSPS) is 12.7. The standard InChI is InChI=1S/C11H12N3O2.C4H9.Sn/c1-11(2,3)16-10(15)14-7-13-8-5-4-6-12-9(8)14;1-4(2)3;/h5-7H,1-3H3;1-3H3;. The zero-order valence-electron chi connectivity index (χ0n) is 13.4. The van der Waals surface area contributed by atoms with Crippen LogP contribution in [0.3, 0.4) is 0 Å². The third-order valence-electron chi connectivity index (χ3n) is 2.50. The number of carbonyl (C=O) groups excluding carboxylic acids is 1. The van der Waals surface area contributed by atoms with Crippen LogP contribution in [0.4, 0.5) is 4.79 Å². The van der Waals surface area contributed by atoms with Crippen molar-refractivity contribution in [2.45, 2.75) is 50.6 Å². The van der Waals surface area contributed by atoms with E-state index in [0.717, 1.165) is 5.52 Å². The third-order valence-corrected chi connectivity index (χ3v) is 6.24. The van der Waals surface area contributed by atoms with Gasteiger partial charge >= 0.3 is 135 Å². The second-order valence-corrected chi connectivity index (χ2v) is 13.7. The van der Waals surface area contributed by atoms with Gasteiger partial charge in [0.2, 0.25) is 0 Å². The number of carbonyl (C=O) groups is 1. The Balaban J connectivity index is 2.31. The SMILES string of the molecule is CC(C)(C)OC(=O)n1cnc2c[c]([Sn][C](C)(C)C)cnc21. The summed E-state index contributed by atoms with van der Waals surface area (Å²) in [6.45, 7) is 12.3. The molecule has 0 aliphatic heterocycles. The first kappa shape index (κ1) is 16.3. The molecule has 0 fully saturated rings. The van der Waals surface area contributed by atoms with Gasteiger partial charge < -0.3 is 0 Å². The predicted octanol–water partition coefficient (Wildman–Crippen LogP) is 2.76. The maximum atomic E-state index is 12.1. The number of rotatable bonds is 1. The van der Waals surface area contributed by atoms with Crippen LogP contribution in [-0.2, 0) is 4.74 Å². The molecule has 0 amide bonds. The Bertz CT molecular complexity index is 666. The quantitative estimate of drug-likeness (QED) is 0.699. The molecule has 2 radical (unpaired) electrons. The average molecular weight is 394 g/mol. The molecule has 0 spiro atoms. The van der Waals surface area contributed by atoms with Crippen molar-refractivity contribution in [3.05, 3.63) is 18.6 Å². The van der Waals surface area contributed by atoms with Crippen LogP contribution >= 0.6 is 0 Å². The Morgan fingerprint density at radius 2 is 1.86 bits per heavy atom. The van der Waals surface area contributed by atoms with Crippen LogP contribution < -0.4 is 3.58 Å². The first-order valence-electron chi connectivity index (χ1n) is 6.90. The van der Waals surface area contributed by atoms with Gasteiger partial charge in [0.15, 0.2) is 0 Å². The van der Waals surface area contributed by atoms with Gasteiger partial charge in [-0.3, -0.25) is 0 Å². The molecule has 112 valence electrons. The fourth-order valence-electron chi connectivity index (χ4n) is 1.85. The minimum absolute atomic E-state index is 0.354. The summed E-state index contributed by atoms with van der Waals surface area (Å²) in [5, 5.41) is 0. The molecule has 0 aromatic carbocycles. The average Bonchev–Trinajstić information content (AvgIpc) is 2.67. The van der Waals surface area contributed by atoms with Crippen LogP contribution in [0.1, 0.15) is 41.5 Å². The van der Waals surface area contributed by atoms with Crippen LogP contribution in [0.2, 0.25) is 3.43 Å².